The van der Waals surface area contributed by atoms with Crippen molar-refractivity contribution in [1.29, 1.82) is 0 Å². The standard InChI is InChI=1S/C17H23NO3S/c1-11(2)13-9-15-12(8-14(13)19)10-18(6-7-22-15)16(20)21-17(3,4)5/h8-9,19H,1,6-7,10H2,2-5H3. The van der Waals surface area contributed by atoms with Crippen molar-refractivity contribution in [2.75, 3.05) is 12.3 Å². The van der Waals surface area contributed by atoms with Crippen LogP contribution >= 0.6 is 11.8 Å². The van der Waals surface area contributed by atoms with Crippen molar-refractivity contribution in [3.8, 4) is 5.75 Å². The van der Waals surface area contributed by atoms with Crippen molar-refractivity contribution < 1.29 is 14.6 Å². The number of thioether (sulfide) groups is 1. The van der Waals surface area contributed by atoms with Gasteiger partial charge in [-0.15, -0.1) is 11.8 Å². The first kappa shape index (κ1) is 16.7. The van der Waals surface area contributed by atoms with E-state index in [1.165, 1.54) is 0 Å². The molecule has 1 aromatic carbocycles. The molecule has 0 radical (unpaired) electrons. The molecule has 1 aromatic rings. The molecule has 22 heavy (non-hydrogen) atoms. The van der Waals surface area contributed by atoms with Gasteiger partial charge in [-0.3, -0.25) is 0 Å². The van der Waals surface area contributed by atoms with Crippen LogP contribution in [0.1, 0.15) is 38.8 Å². The van der Waals surface area contributed by atoms with E-state index in [0.29, 0.717) is 13.1 Å². The molecule has 1 heterocycles. The minimum Gasteiger partial charge on any atom is -0.507 e. The highest BCUT2D eigenvalue weighted by Gasteiger charge is 2.25. The van der Waals surface area contributed by atoms with Gasteiger partial charge in [-0.05, 0) is 51.0 Å². The molecule has 0 aromatic heterocycles. The first-order valence-corrected chi connectivity index (χ1v) is 8.28. The maximum atomic E-state index is 12.3. The number of phenolic OH excluding ortho intramolecular Hbond substituents is 1. The molecule has 120 valence electrons. The number of fused-ring (bicyclic) bond motifs is 1. The Hall–Kier alpha value is -1.62. The van der Waals surface area contributed by atoms with Gasteiger partial charge < -0.3 is 14.7 Å². The van der Waals surface area contributed by atoms with Crippen molar-refractivity contribution >= 4 is 23.4 Å². The van der Waals surface area contributed by atoms with Crippen molar-refractivity contribution in [1.82, 2.24) is 4.90 Å². The predicted molar refractivity (Wildman–Crippen MR) is 90.2 cm³/mol. The Kier molecular flexibility index (Phi) is 4.75. The molecule has 5 heteroatoms. The van der Waals surface area contributed by atoms with Gasteiger partial charge in [0.1, 0.15) is 11.4 Å². The van der Waals surface area contributed by atoms with Gasteiger partial charge in [0.2, 0.25) is 0 Å². The topological polar surface area (TPSA) is 49.8 Å². The molecular weight excluding hydrogens is 298 g/mol. The van der Waals surface area contributed by atoms with Crippen molar-refractivity contribution in [3.63, 3.8) is 0 Å². The number of carbonyl (C=O) groups is 1. The molecule has 0 aliphatic carbocycles. The van der Waals surface area contributed by atoms with E-state index >= 15 is 0 Å². The van der Waals surface area contributed by atoms with Crippen molar-refractivity contribution in [3.05, 3.63) is 29.8 Å². The molecule has 0 spiro atoms. The molecule has 1 aliphatic heterocycles. The molecule has 2 rings (SSSR count). The third kappa shape index (κ3) is 3.97. The number of phenols is 1. The lowest BCUT2D eigenvalue weighted by Crippen LogP contribution is -2.37. The van der Waals surface area contributed by atoms with Crippen LogP contribution in [0.3, 0.4) is 0 Å². The molecule has 0 fully saturated rings. The lowest BCUT2D eigenvalue weighted by atomic mass is 10.0. The molecule has 0 unspecified atom stereocenters. The third-order valence-electron chi connectivity index (χ3n) is 3.27. The van der Waals surface area contributed by atoms with Gasteiger partial charge in [-0.2, -0.15) is 0 Å². The summed E-state index contributed by atoms with van der Waals surface area (Å²) in [6, 6.07) is 3.69. The van der Waals surface area contributed by atoms with Gasteiger partial charge in [-0.1, -0.05) is 6.58 Å². The SMILES string of the molecule is C=C(C)c1cc2c(cc1O)CN(C(=O)OC(C)(C)C)CCS2. The minimum absolute atomic E-state index is 0.206. The number of aromatic hydroxyl groups is 1. The van der Waals surface area contributed by atoms with Gasteiger partial charge >= 0.3 is 6.09 Å². The number of nitrogens with zero attached hydrogens (tertiary/aromatic N) is 1. The van der Waals surface area contributed by atoms with Crippen LogP contribution in [0.25, 0.3) is 5.57 Å². The first-order valence-electron chi connectivity index (χ1n) is 7.30. The quantitative estimate of drug-likeness (QED) is 0.839. The Morgan fingerprint density at radius 1 is 1.41 bits per heavy atom. The molecule has 0 atom stereocenters. The lowest BCUT2D eigenvalue weighted by molar-refractivity contribution is 0.0246. The largest absolute Gasteiger partial charge is 0.507 e. The number of benzene rings is 1. The summed E-state index contributed by atoms with van der Waals surface area (Å²) >= 11 is 1.69. The highest BCUT2D eigenvalue weighted by atomic mass is 32.2. The maximum Gasteiger partial charge on any atom is 0.410 e. The molecular formula is C17H23NO3S. The van der Waals surface area contributed by atoms with Gasteiger partial charge in [0.15, 0.2) is 0 Å². The minimum atomic E-state index is -0.509. The first-order chi connectivity index (χ1) is 10.2. The van der Waals surface area contributed by atoms with E-state index in [9.17, 15) is 9.90 Å². The summed E-state index contributed by atoms with van der Waals surface area (Å²) in [6.45, 7) is 12.4. The average molecular weight is 321 g/mol. The summed E-state index contributed by atoms with van der Waals surface area (Å²) in [4.78, 5) is 15.0. The second kappa shape index (κ2) is 6.24. The Morgan fingerprint density at radius 2 is 2.09 bits per heavy atom. The summed E-state index contributed by atoms with van der Waals surface area (Å²) in [5, 5.41) is 10.1. The number of hydrogen-bond acceptors (Lipinski definition) is 4. The maximum absolute atomic E-state index is 12.3. The predicted octanol–water partition coefficient (Wildman–Crippen LogP) is 4.27. The van der Waals surface area contributed by atoms with Crippen LogP contribution in [0.2, 0.25) is 0 Å². The van der Waals surface area contributed by atoms with E-state index in [2.05, 4.69) is 6.58 Å². The van der Waals surface area contributed by atoms with E-state index in [-0.39, 0.29) is 11.8 Å². The average Bonchev–Trinajstić information content (AvgIpc) is 2.57. The van der Waals surface area contributed by atoms with Gasteiger partial charge in [0.05, 0.1) is 6.54 Å². The lowest BCUT2D eigenvalue weighted by Gasteiger charge is -2.26. The second-order valence-corrected chi connectivity index (χ2v) is 7.64. The summed E-state index contributed by atoms with van der Waals surface area (Å²) in [5.74, 6) is 1.00. The molecule has 0 saturated carbocycles. The van der Waals surface area contributed by atoms with Crippen LogP contribution in [-0.2, 0) is 11.3 Å². The summed E-state index contributed by atoms with van der Waals surface area (Å²) in [7, 11) is 0. The number of rotatable bonds is 1. The zero-order valence-corrected chi connectivity index (χ0v) is 14.4. The molecule has 1 aliphatic rings. The number of amides is 1. The third-order valence-corrected chi connectivity index (χ3v) is 4.35. The van der Waals surface area contributed by atoms with E-state index < -0.39 is 5.60 Å². The van der Waals surface area contributed by atoms with Crippen molar-refractivity contribution in [2.45, 2.75) is 44.7 Å². The Morgan fingerprint density at radius 3 is 2.68 bits per heavy atom. The fourth-order valence-corrected chi connectivity index (χ4v) is 3.29. The summed E-state index contributed by atoms with van der Waals surface area (Å²) in [6.07, 6.45) is -0.315. The van der Waals surface area contributed by atoms with E-state index in [1.807, 2.05) is 33.8 Å². The highest BCUT2D eigenvalue weighted by molar-refractivity contribution is 7.99. The highest BCUT2D eigenvalue weighted by Crippen LogP contribution is 2.35. The van der Waals surface area contributed by atoms with Crippen LogP contribution in [0.15, 0.2) is 23.6 Å². The van der Waals surface area contributed by atoms with E-state index in [0.717, 1.165) is 27.3 Å². The van der Waals surface area contributed by atoms with Crippen LogP contribution in [0, 0.1) is 0 Å². The number of allylic oxidation sites excluding steroid dienone is 1. The smallest absolute Gasteiger partial charge is 0.410 e. The van der Waals surface area contributed by atoms with Crippen LogP contribution < -0.4 is 0 Å². The molecule has 0 bridgehead atoms. The fourth-order valence-electron chi connectivity index (χ4n) is 2.24. The normalized spacial score (nSPS) is 15.0. The molecule has 0 saturated heterocycles. The Labute approximate surface area is 136 Å². The monoisotopic (exact) mass is 321 g/mol. The summed E-state index contributed by atoms with van der Waals surface area (Å²) < 4.78 is 5.44. The van der Waals surface area contributed by atoms with E-state index in [1.54, 1.807) is 22.7 Å². The molecule has 1 N–H and O–H groups in total. The van der Waals surface area contributed by atoms with Gasteiger partial charge in [-0.25, -0.2) is 4.79 Å². The van der Waals surface area contributed by atoms with Crippen LogP contribution in [0.4, 0.5) is 4.79 Å². The van der Waals surface area contributed by atoms with Crippen LogP contribution in [0.5, 0.6) is 5.75 Å². The zero-order chi connectivity index (χ0) is 16.5. The number of ether oxygens (including phenoxy) is 1. The van der Waals surface area contributed by atoms with Gasteiger partial charge in [0.25, 0.3) is 0 Å². The number of hydrogen-bond donors (Lipinski definition) is 1. The van der Waals surface area contributed by atoms with E-state index in [4.69, 9.17) is 4.74 Å². The van der Waals surface area contributed by atoms with Gasteiger partial charge in [0, 0.05) is 22.8 Å². The van der Waals surface area contributed by atoms with Crippen molar-refractivity contribution in [2.24, 2.45) is 0 Å². The second-order valence-electron chi connectivity index (χ2n) is 6.51. The zero-order valence-electron chi connectivity index (χ0n) is 13.6. The molecule has 4 nitrogen and oxygen atoms in total. The number of carbonyl (C=O) groups excluding carboxylic acids is 1. The molecule has 1 amide bonds. The van der Waals surface area contributed by atoms with Crippen LogP contribution in [-0.4, -0.2) is 34.0 Å². The fraction of sp³-hybridized carbons (Fsp3) is 0.471. The summed E-state index contributed by atoms with van der Waals surface area (Å²) in [5.41, 5.74) is 2.02. The Balaban J connectivity index is 2.25. The Bertz CT molecular complexity index is 605.